The van der Waals surface area contributed by atoms with Crippen LogP contribution in [0.5, 0.6) is 11.5 Å². The Morgan fingerprint density at radius 2 is 2.33 bits per heavy atom. The summed E-state index contributed by atoms with van der Waals surface area (Å²) in [5.74, 6) is 0.00901. The lowest BCUT2D eigenvalue weighted by Gasteiger charge is -2.05. The molecule has 1 aromatic carbocycles. The van der Waals surface area contributed by atoms with Gasteiger partial charge in [0.1, 0.15) is 6.54 Å². The van der Waals surface area contributed by atoms with Crippen LogP contribution < -0.4 is 10.2 Å². The highest BCUT2D eigenvalue weighted by atomic mass is 16.5. The summed E-state index contributed by atoms with van der Waals surface area (Å²) in [5.41, 5.74) is 3.66. The van der Waals surface area contributed by atoms with Crippen molar-refractivity contribution >= 4 is 12.1 Å². The molecule has 21 heavy (non-hydrogen) atoms. The maximum absolute atomic E-state index is 11.6. The van der Waals surface area contributed by atoms with Gasteiger partial charge in [0.2, 0.25) is 0 Å². The van der Waals surface area contributed by atoms with E-state index in [-0.39, 0.29) is 18.2 Å². The molecule has 0 aliphatic heterocycles. The maximum atomic E-state index is 11.6. The molecule has 1 heterocycles. The zero-order valence-electron chi connectivity index (χ0n) is 11.8. The molecule has 2 aromatic rings. The molecule has 0 unspecified atom stereocenters. The molecule has 0 saturated heterocycles. The molecule has 0 aliphatic rings. The number of phenols is 1. The number of hydrogen-bond acceptors (Lipinski definition) is 5. The van der Waals surface area contributed by atoms with Crippen molar-refractivity contribution < 1.29 is 14.6 Å². The molecule has 0 spiro atoms. The SMILES string of the molecule is COc1cccc(/C=N\NC(=O)Cn2ccc(C)n2)c1O. The van der Waals surface area contributed by atoms with Crippen molar-refractivity contribution in [1.29, 1.82) is 0 Å². The van der Waals surface area contributed by atoms with Gasteiger partial charge < -0.3 is 9.84 Å². The number of amides is 1. The van der Waals surface area contributed by atoms with Gasteiger partial charge >= 0.3 is 0 Å². The number of methoxy groups -OCH3 is 1. The molecule has 0 aliphatic carbocycles. The maximum Gasteiger partial charge on any atom is 0.261 e. The van der Waals surface area contributed by atoms with Crippen molar-refractivity contribution in [2.24, 2.45) is 5.10 Å². The van der Waals surface area contributed by atoms with Crippen molar-refractivity contribution in [3.63, 3.8) is 0 Å². The number of nitrogens with zero attached hydrogens (tertiary/aromatic N) is 3. The summed E-state index contributed by atoms with van der Waals surface area (Å²) < 4.78 is 6.50. The smallest absolute Gasteiger partial charge is 0.261 e. The number of rotatable bonds is 5. The van der Waals surface area contributed by atoms with Gasteiger partial charge in [0.05, 0.1) is 19.0 Å². The normalized spacial score (nSPS) is 10.8. The second-order valence-corrected chi connectivity index (χ2v) is 4.35. The summed E-state index contributed by atoms with van der Waals surface area (Å²) in [6, 6.07) is 6.81. The van der Waals surface area contributed by atoms with Crippen LogP contribution in [-0.4, -0.2) is 34.1 Å². The van der Waals surface area contributed by atoms with Gasteiger partial charge in [-0.1, -0.05) is 6.07 Å². The largest absolute Gasteiger partial charge is 0.504 e. The summed E-state index contributed by atoms with van der Waals surface area (Å²) in [6.45, 7) is 1.92. The predicted molar refractivity (Wildman–Crippen MR) is 77.4 cm³/mol. The second-order valence-electron chi connectivity index (χ2n) is 4.35. The molecule has 0 radical (unpaired) electrons. The Morgan fingerprint density at radius 1 is 1.52 bits per heavy atom. The van der Waals surface area contributed by atoms with Gasteiger partial charge in [-0.05, 0) is 25.1 Å². The first-order chi connectivity index (χ1) is 10.1. The van der Waals surface area contributed by atoms with E-state index >= 15 is 0 Å². The number of ether oxygens (including phenoxy) is 1. The first kappa shape index (κ1) is 14.6. The molecular weight excluding hydrogens is 272 g/mol. The van der Waals surface area contributed by atoms with Crippen LogP contribution >= 0.6 is 0 Å². The monoisotopic (exact) mass is 288 g/mol. The van der Waals surface area contributed by atoms with E-state index < -0.39 is 0 Å². The van der Waals surface area contributed by atoms with Crippen LogP contribution in [0.15, 0.2) is 35.6 Å². The van der Waals surface area contributed by atoms with Crippen molar-refractivity contribution in [2.75, 3.05) is 7.11 Å². The van der Waals surface area contributed by atoms with Gasteiger partial charge in [0.15, 0.2) is 11.5 Å². The Morgan fingerprint density at radius 3 is 3.00 bits per heavy atom. The average molecular weight is 288 g/mol. The van der Waals surface area contributed by atoms with E-state index in [1.165, 1.54) is 18.0 Å². The third-order valence-corrected chi connectivity index (χ3v) is 2.72. The quantitative estimate of drug-likeness (QED) is 0.636. The molecule has 0 atom stereocenters. The highest BCUT2D eigenvalue weighted by molar-refractivity contribution is 5.86. The number of benzene rings is 1. The van der Waals surface area contributed by atoms with E-state index in [1.807, 2.05) is 13.0 Å². The van der Waals surface area contributed by atoms with Gasteiger partial charge in [-0.15, -0.1) is 0 Å². The number of hydrazone groups is 1. The molecule has 7 heteroatoms. The Kier molecular flexibility index (Phi) is 4.55. The molecule has 2 N–H and O–H groups in total. The van der Waals surface area contributed by atoms with E-state index in [0.29, 0.717) is 11.3 Å². The highest BCUT2D eigenvalue weighted by Gasteiger charge is 2.05. The van der Waals surface area contributed by atoms with Crippen molar-refractivity contribution in [1.82, 2.24) is 15.2 Å². The lowest BCUT2D eigenvalue weighted by Crippen LogP contribution is -2.23. The molecule has 0 fully saturated rings. The topological polar surface area (TPSA) is 88.7 Å². The van der Waals surface area contributed by atoms with E-state index in [2.05, 4.69) is 15.6 Å². The number of carbonyl (C=O) groups is 1. The minimum Gasteiger partial charge on any atom is -0.504 e. The third kappa shape index (κ3) is 3.82. The van der Waals surface area contributed by atoms with Crippen LogP contribution in [0.1, 0.15) is 11.3 Å². The van der Waals surface area contributed by atoms with Gasteiger partial charge in [-0.3, -0.25) is 9.48 Å². The van der Waals surface area contributed by atoms with E-state index in [4.69, 9.17) is 4.74 Å². The minimum absolute atomic E-state index is 0.0271. The fourth-order valence-electron chi connectivity index (χ4n) is 1.72. The summed E-state index contributed by atoms with van der Waals surface area (Å²) in [6.07, 6.45) is 3.07. The van der Waals surface area contributed by atoms with Gasteiger partial charge in [0.25, 0.3) is 5.91 Å². The van der Waals surface area contributed by atoms with Crippen LogP contribution in [-0.2, 0) is 11.3 Å². The highest BCUT2D eigenvalue weighted by Crippen LogP contribution is 2.27. The standard InChI is InChI=1S/C14H16N4O3/c1-10-6-7-18(17-10)9-13(19)16-15-8-11-4-3-5-12(21-2)14(11)20/h3-8,20H,9H2,1-2H3,(H,16,19)/b15-8-. The third-order valence-electron chi connectivity index (χ3n) is 2.72. The first-order valence-electron chi connectivity index (χ1n) is 6.28. The molecule has 1 amide bonds. The Hall–Kier alpha value is -2.83. The average Bonchev–Trinajstić information content (AvgIpc) is 2.86. The Balaban J connectivity index is 1.94. The van der Waals surface area contributed by atoms with E-state index in [9.17, 15) is 9.90 Å². The molecule has 7 nitrogen and oxygen atoms in total. The fraction of sp³-hybridized carbons (Fsp3) is 0.214. The Labute approximate surface area is 121 Å². The second kappa shape index (κ2) is 6.56. The zero-order chi connectivity index (χ0) is 15.2. The van der Waals surface area contributed by atoms with Crippen LogP contribution in [0.3, 0.4) is 0 Å². The molecule has 110 valence electrons. The number of nitrogens with one attached hydrogen (secondary N) is 1. The van der Waals surface area contributed by atoms with Crippen LogP contribution in [0.4, 0.5) is 0 Å². The van der Waals surface area contributed by atoms with Gasteiger partial charge in [0, 0.05) is 11.8 Å². The molecule has 2 rings (SSSR count). The number of carbonyl (C=O) groups excluding carboxylic acids is 1. The first-order valence-corrected chi connectivity index (χ1v) is 6.28. The summed E-state index contributed by atoms with van der Waals surface area (Å²) in [7, 11) is 1.46. The summed E-state index contributed by atoms with van der Waals surface area (Å²) in [5, 5.41) is 17.7. The minimum atomic E-state index is -0.309. The number of phenolic OH excluding ortho intramolecular Hbond substituents is 1. The number of aromatic nitrogens is 2. The van der Waals surface area contributed by atoms with Crippen molar-refractivity contribution in [2.45, 2.75) is 13.5 Å². The van der Waals surface area contributed by atoms with E-state index in [1.54, 1.807) is 24.4 Å². The predicted octanol–water partition coefficient (Wildman–Crippen LogP) is 1.06. The van der Waals surface area contributed by atoms with Gasteiger partial charge in [-0.2, -0.15) is 10.2 Å². The lowest BCUT2D eigenvalue weighted by molar-refractivity contribution is -0.121. The Bertz CT molecular complexity index is 664. The number of aryl methyl sites for hydroxylation is 1. The van der Waals surface area contributed by atoms with Crippen LogP contribution in [0.25, 0.3) is 0 Å². The van der Waals surface area contributed by atoms with Crippen LogP contribution in [0, 0.1) is 6.92 Å². The van der Waals surface area contributed by atoms with Crippen molar-refractivity contribution in [3.05, 3.63) is 41.7 Å². The molecule has 1 aromatic heterocycles. The number of para-hydroxylation sites is 1. The summed E-state index contributed by atoms with van der Waals surface area (Å²) >= 11 is 0. The number of hydrogen-bond donors (Lipinski definition) is 2. The van der Waals surface area contributed by atoms with Crippen LogP contribution in [0.2, 0.25) is 0 Å². The van der Waals surface area contributed by atoms with Crippen molar-refractivity contribution in [3.8, 4) is 11.5 Å². The zero-order valence-corrected chi connectivity index (χ0v) is 11.8. The number of aromatic hydroxyl groups is 1. The van der Waals surface area contributed by atoms with E-state index in [0.717, 1.165) is 5.69 Å². The molecule has 0 bridgehead atoms. The fourth-order valence-corrected chi connectivity index (χ4v) is 1.72. The molecule has 0 saturated carbocycles. The summed E-state index contributed by atoms with van der Waals surface area (Å²) in [4.78, 5) is 11.6. The molecular formula is C14H16N4O3. The van der Waals surface area contributed by atoms with Gasteiger partial charge in [-0.25, -0.2) is 5.43 Å². The lowest BCUT2D eigenvalue weighted by atomic mass is 10.2.